The molecular weight excluding hydrogens is 135 g/mol. The summed E-state index contributed by atoms with van der Waals surface area (Å²) in [5.74, 6) is 0. The molecule has 2 radical (unpaired) electrons. The third-order valence-corrected chi connectivity index (χ3v) is 2.91. The second-order valence-corrected chi connectivity index (χ2v) is 3.48. The van der Waals surface area contributed by atoms with E-state index in [0.717, 1.165) is 4.62 Å². The summed E-state index contributed by atoms with van der Waals surface area (Å²) in [5, 5.41) is 2.12. The molecule has 0 spiro atoms. The molecule has 0 bridgehead atoms. The molecule has 0 amide bonds. The Morgan fingerprint density at radius 2 is 2.12 bits per heavy atom. The molecule has 0 unspecified atom stereocenters. The number of hydrogen-bond acceptors (Lipinski definition) is 1. The third-order valence-electron chi connectivity index (χ3n) is 1.26. The lowest BCUT2D eigenvalue weighted by molar-refractivity contribution is 1.42. The molecule has 1 rings (SSSR count). The van der Waals surface area contributed by atoms with Crippen LogP contribution < -0.4 is 4.62 Å². The van der Waals surface area contributed by atoms with Gasteiger partial charge in [0.2, 0.25) is 0 Å². The van der Waals surface area contributed by atoms with E-state index in [4.69, 9.17) is 0 Å². The van der Waals surface area contributed by atoms with E-state index in [2.05, 4.69) is 28.5 Å². The summed E-state index contributed by atoms with van der Waals surface area (Å²) in [5.41, 5.74) is 2.67. The van der Waals surface area contributed by atoms with E-state index in [-0.39, 0.29) is 0 Å². The number of rotatable bonds is 0. The molecule has 0 aromatic carbocycles. The van der Waals surface area contributed by atoms with Crippen LogP contribution in [0.3, 0.4) is 0 Å². The predicted octanol–water partition coefficient (Wildman–Crippen LogP) is 2.40. The molecule has 42 valence electrons. The fourth-order valence-electron chi connectivity index (χ4n) is 0.490. The monoisotopic (exact) mass is 142 g/mol. The highest BCUT2D eigenvalue weighted by atomic mass is 32.1. The lowest BCUT2D eigenvalue weighted by atomic mass is 10.2. The van der Waals surface area contributed by atoms with Gasteiger partial charge < -0.3 is 0 Å². The summed E-state index contributed by atoms with van der Waals surface area (Å²) in [6.45, 7) is 4.19. The molecule has 0 nitrogen and oxygen atoms in total. The third kappa shape index (κ3) is 0.936. The molecule has 0 N–H and O–H groups in total. The van der Waals surface area contributed by atoms with Gasteiger partial charge in [-0.15, -0.1) is 11.3 Å². The largest absolute Gasteiger partial charge is 0.143 e. The summed E-state index contributed by atoms with van der Waals surface area (Å²) in [4.78, 5) is 0. The van der Waals surface area contributed by atoms with Gasteiger partial charge in [-0.3, -0.25) is 0 Å². The summed E-state index contributed by atoms with van der Waals surface area (Å²) in [7, 11) is 4.24. The van der Waals surface area contributed by atoms with Crippen molar-refractivity contribution in [3.8, 4) is 0 Å². The van der Waals surface area contributed by atoms with Crippen LogP contribution in [-0.4, -0.2) is 0 Å². The van der Waals surface area contributed by atoms with Crippen molar-refractivity contribution in [3.63, 3.8) is 0 Å². The zero-order valence-electron chi connectivity index (χ0n) is 4.93. The first-order chi connectivity index (χ1) is 3.72. The molecular formula is C6H7PS. The van der Waals surface area contributed by atoms with Crippen LogP contribution in [0.25, 0.3) is 0 Å². The maximum absolute atomic E-state index is 4.24. The van der Waals surface area contributed by atoms with Crippen LogP contribution in [0.2, 0.25) is 0 Å². The standard InChI is InChI=1S/C6H7PS/c1-4-3-8-6(7)5(4)2/h3H,1-2H3. The van der Waals surface area contributed by atoms with Gasteiger partial charge in [0, 0.05) is 13.9 Å². The average Bonchev–Trinajstić information content (AvgIpc) is 1.98. The summed E-state index contributed by atoms with van der Waals surface area (Å²) in [6, 6.07) is 0. The van der Waals surface area contributed by atoms with E-state index in [1.54, 1.807) is 11.3 Å². The molecule has 0 saturated carbocycles. The number of aryl methyl sites for hydroxylation is 1. The van der Waals surface area contributed by atoms with Crippen LogP contribution in [0.1, 0.15) is 11.1 Å². The van der Waals surface area contributed by atoms with Crippen molar-refractivity contribution in [2.45, 2.75) is 13.8 Å². The highest BCUT2D eigenvalue weighted by Gasteiger charge is 1.96. The fourth-order valence-corrected chi connectivity index (χ4v) is 1.63. The fraction of sp³-hybridized carbons (Fsp3) is 0.333. The van der Waals surface area contributed by atoms with Crippen molar-refractivity contribution in [2.75, 3.05) is 0 Å². The molecule has 0 saturated heterocycles. The Bertz CT molecular complexity index is 171. The first kappa shape index (κ1) is 6.25. The van der Waals surface area contributed by atoms with Gasteiger partial charge in [0.05, 0.1) is 0 Å². The summed E-state index contributed by atoms with van der Waals surface area (Å²) >= 11 is 1.70. The van der Waals surface area contributed by atoms with Gasteiger partial charge in [0.15, 0.2) is 0 Å². The molecule has 1 aromatic rings. The zero-order valence-corrected chi connectivity index (χ0v) is 6.64. The Labute approximate surface area is 56.1 Å². The number of hydrogen-bond donors (Lipinski definition) is 0. The van der Waals surface area contributed by atoms with Gasteiger partial charge >= 0.3 is 0 Å². The topological polar surface area (TPSA) is 0 Å². The van der Waals surface area contributed by atoms with E-state index in [9.17, 15) is 0 Å². The average molecular weight is 142 g/mol. The van der Waals surface area contributed by atoms with Crippen molar-refractivity contribution < 1.29 is 0 Å². The van der Waals surface area contributed by atoms with E-state index in [1.165, 1.54) is 11.1 Å². The van der Waals surface area contributed by atoms with Crippen LogP contribution in [0.15, 0.2) is 5.38 Å². The normalized spacial score (nSPS) is 9.88. The van der Waals surface area contributed by atoms with Gasteiger partial charge in [0.1, 0.15) is 0 Å². The van der Waals surface area contributed by atoms with Crippen molar-refractivity contribution in [3.05, 3.63) is 16.5 Å². The van der Waals surface area contributed by atoms with Crippen molar-refractivity contribution >= 4 is 25.2 Å². The molecule has 0 aliphatic rings. The SMILES string of the molecule is Cc1csc([P])c1C. The quantitative estimate of drug-likeness (QED) is 0.488. The van der Waals surface area contributed by atoms with Gasteiger partial charge in [0.25, 0.3) is 0 Å². The molecule has 0 aliphatic carbocycles. The van der Waals surface area contributed by atoms with Crippen molar-refractivity contribution in [1.82, 2.24) is 0 Å². The first-order valence-electron chi connectivity index (χ1n) is 2.45. The minimum atomic E-state index is 1.14. The molecule has 0 aliphatic heterocycles. The molecule has 8 heavy (non-hydrogen) atoms. The minimum absolute atomic E-state index is 1.14. The smallest absolute Gasteiger partial charge is 0.0411 e. The predicted molar refractivity (Wildman–Crippen MR) is 40.3 cm³/mol. The molecule has 0 fully saturated rings. The second kappa shape index (κ2) is 2.16. The lowest BCUT2D eigenvalue weighted by Gasteiger charge is -1.85. The highest BCUT2D eigenvalue weighted by Crippen LogP contribution is 2.11. The van der Waals surface area contributed by atoms with Gasteiger partial charge in [-0.2, -0.15) is 0 Å². The maximum Gasteiger partial charge on any atom is 0.0411 e. The lowest BCUT2D eigenvalue weighted by Crippen LogP contribution is -1.85. The Kier molecular flexibility index (Phi) is 1.69. The Morgan fingerprint density at radius 1 is 1.50 bits per heavy atom. The van der Waals surface area contributed by atoms with E-state index < -0.39 is 0 Å². The van der Waals surface area contributed by atoms with Gasteiger partial charge in [-0.1, -0.05) is 0 Å². The van der Waals surface area contributed by atoms with Gasteiger partial charge in [-0.25, -0.2) is 0 Å². The Hall–Kier alpha value is 0.130. The van der Waals surface area contributed by atoms with Gasteiger partial charge in [-0.05, 0) is 30.4 Å². The van der Waals surface area contributed by atoms with Crippen LogP contribution in [0.4, 0.5) is 0 Å². The minimum Gasteiger partial charge on any atom is -0.143 e. The number of thiophene rings is 1. The summed E-state index contributed by atoms with van der Waals surface area (Å²) < 4.78 is 1.14. The Balaban J connectivity index is 3.19. The Morgan fingerprint density at radius 3 is 2.25 bits per heavy atom. The highest BCUT2D eigenvalue weighted by molar-refractivity contribution is 7.43. The van der Waals surface area contributed by atoms with Crippen molar-refractivity contribution in [2.24, 2.45) is 0 Å². The molecule has 2 heteroatoms. The van der Waals surface area contributed by atoms with E-state index in [0.29, 0.717) is 0 Å². The second-order valence-electron chi connectivity index (χ2n) is 1.85. The zero-order chi connectivity index (χ0) is 6.15. The van der Waals surface area contributed by atoms with E-state index in [1.807, 2.05) is 0 Å². The maximum atomic E-state index is 4.24. The van der Waals surface area contributed by atoms with Crippen LogP contribution in [0, 0.1) is 13.8 Å². The molecule has 1 heterocycles. The van der Waals surface area contributed by atoms with Crippen LogP contribution in [-0.2, 0) is 0 Å². The first-order valence-corrected chi connectivity index (χ1v) is 3.78. The van der Waals surface area contributed by atoms with E-state index >= 15 is 0 Å². The summed E-state index contributed by atoms with van der Waals surface area (Å²) in [6.07, 6.45) is 0. The van der Waals surface area contributed by atoms with Crippen molar-refractivity contribution in [1.29, 1.82) is 0 Å². The van der Waals surface area contributed by atoms with Crippen LogP contribution >= 0.6 is 20.6 Å². The van der Waals surface area contributed by atoms with Crippen LogP contribution in [0.5, 0.6) is 0 Å². The molecule has 0 atom stereocenters. The molecule has 1 aromatic heterocycles.